The maximum absolute atomic E-state index is 3.65. The molecule has 1 aromatic heterocycles. The molecule has 17 heavy (non-hydrogen) atoms. The molecule has 0 radical (unpaired) electrons. The van der Waals surface area contributed by atoms with E-state index in [1.54, 1.807) is 10.4 Å². The van der Waals surface area contributed by atoms with Gasteiger partial charge in [0.1, 0.15) is 0 Å². The molecule has 1 N–H and O–H groups in total. The van der Waals surface area contributed by atoms with Crippen molar-refractivity contribution in [3.8, 4) is 0 Å². The van der Waals surface area contributed by atoms with Gasteiger partial charge in [-0.1, -0.05) is 0 Å². The topological polar surface area (TPSA) is 15.3 Å². The highest BCUT2D eigenvalue weighted by atomic mass is 32.1. The zero-order valence-electron chi connectivity index (χ0n) is 10.8. The van der Waals surface area contributed by atoms with Crippen LogP contribution in [0, 0.1) is 0 Å². The molecule has 0 amide bonds. The van der Waals surface area contributed by atoms with E-state index in [-0.39, 0.29) is 0 Å². The van der Waals surface area contributed by atoms with Gasteiger partial charge in [0.15, 0.2) is 0 Å². The van der Waals surface area contributed by atoms with Gasteiger partial charge in [-0.25, -0.2) is 0 Å². The predicted octanol–water partition coefficient (Wildman–Crippen LogP) is 2.81. The number of hydrogen-bond donors (Lipinski definition) is 1. The summed E-state index contributed by atoms with van der Waals surface area (Å²) in [5.74, 6) is 0. The van der Waals surface area contributed by atoms with E-state index in [0.29, 0.717) is 12.1 Å². The van der Waals surface area contributed by atoms with Crippen LogP contribution in [0.4, 0.5) is 0 Å². The molecule has 1 aliphatic carbocycles. The zero-order chi connectivity index (χ0) is 11.8. The Kier molecular flexibility index (Phi) is 3.24. The summed E-state index contributed by atoms with van der Waals surface area (Å²) in [6.07, 6.45) is 4.01. The van der Waals surface area contributed by atoms with Crippen molar-refractivity contribution < 1.29 is 0 Å². The molecule has 0 aromatic carbocycles. The number of fused-ring (bicyclic) bond motifs is 1. The Bertz CT molecular complexity index is 383. The lowest BCUT2D eigenvalue weighted by molar-refractivity contribution is 0.142. The van der Waals surface area contributed by atoms with Crippen molar-refractivity contribution in [1.82, 2.24) is 10.2 Å². The molecule has 2 unspecified atom stereocenters. The van der Waals surface area contributed by atoms with Gasteiger partial charge in [0.2, 0.25) is 0 Å². The standard InChI is InChI=1S/C14H22N2S/c1-10(9-15-12-3-4-12)16-7-5-14-13(11(16)2)6-8-17-14/h6,8,10-12,15H,3-5,7,9H2,1-2H3. The van der Waals surface area contributed by atoms with E-state index in [2.05, 4.69) is 35.5 Å². The Balaban J connectivity index is 1.63. The number of nitrogens with one attached hydrogen (secondary N) is 1. The van der Waals surface area contributed by atoms with Gasteiger partial charge in [-0.05, 0) is 50.1 Å². The van der Waals surface area contributed by atoms with Gasteiger partial charge < -0.3 is 5.32 Å². The number of thiophene rings is 1. The lowest BCUT2D eigenvalue weighted by atomic mass is 9.99. The van der Waals surface area contributed by atoms with E-state index < -0.39 is 0 Å². The first-order valence-corrected chi connectivity index (χ1v) is 7.69. The molecule has 0 spiro atoms. The summed E-state index contributed by atoms with van der Waals surface area (Å²) in [6.45, 7) is 7.10. The minimum atomic E-state index is 0.598. The first kappa shape index (κ1) is 11.7. The van der Waals surface area contributed by atoms with Crippen LogP contribution < -0.4 is 5.32 Å². The van der Waals surface area contributed by atoms with E-state index in [0.717, 1.165) is 12.6 Å². The highest BCUT2D eigenvalue weighted by Crippen LogP contribution is 2.33. The number of hydrogen-bond acceptors (Lipinski definition) is 3. The Morgan fingerprint density at radius 3 is 3.12 bits per heavy atom. The Hall–Kier alpha value is -0.380. The van der Waals surface area contributed by atoms with Crippen molar-refractivity contribution in [3.63, 3.8) is 0 Å². The molecule has 0 saturated heterocycles. The highest BCUT2D eigenvalue weighted by Gasteiger charge is 2.29. The molecule has 3 rings (SSSR count). The quantitative estimate of drug-likeness (QED) is 0.884. The third kappa shape index (κ3) is 2.42. The van der Waals surface area contributed by atoms with Crippen LogP contribution >= 0.6 is 11.3 Å². The van der Waals surface area contributed by atoms with Gasteiger partial charge in [-0.3, -0.25) is 4.90 Å². The van der Waals surface area contributed by atoms with Gasteiger partial charge in [-0.15, -0.1) is 11.3 Å². The Morgan fingerprint density at radius 1 is 1.53 bits per heavy atom. The van der Waals surface area contributed by atoms with Crippen LogP contribution in [-0.2, 0) is 6.42 Å². The third-order valence-electron chi connectivity index (χ3n) is 4.17. The molecule has 94 valence electrons. The van der Waals surface area contributed by atoms with Crippen molar-refractivity contribution >= 4 is 11.3 Å². The fourth-order valence-corrected chi connectivity index (χ4v) is 3.84. The molecule has 1 saturated carbocycles. The average molecular weight is 250 g/mol. The second-order valence-electron chi connectivity index (χ2n) is 5.49. The maximum atomic E-state index is 3.65. The lowest BCUT2D eigenvalue weighted by Crippen LogP contribution is -2.45. The summed E-state index contributed by atoms with van der Waals surface area (Å²) in [7, 11) is 0. The predicted molar refractivity (Wildman–Crippen MR) is 73.6 cm³/mol. The number of rotatable bonds is 4. The summed E-state index contributed by atoms with van der Waals surface area (Å²) >= 11 is 1.93. The van der Waals surface area contributed by atoms with E-state index >= 15 is 0 Å². The molecule has 2 heterocycles. The summed E-state index contributed by atoms with van der Waals surface area (Å²) in [5, 5.41) is 5.90. The van der Waals surface area contributed by atoms with Crippen molar-refractivity contribution in [1.29, 1.82) is 0 Å². The van der Waals surface area contributed by atoms with Crippen molar-refractivity contribution in [3.05, 3.63) is 21.9 Å². The van der Waals surface area contributed by atoms with Crippen LogP contribution in [0.1, 0.15) is 43.2 Å². The molecule has 2 aliphatic rings. The first-order valence-electron chi connectivity index (χ1n) is 6.81. The molecule has 1 aromatic rings. The average Bonchev–Trinajstić information content (AvgIpc) is 3.03. The monoisotopic (exact) mass is 250 g/mol. The molecular weight excluding hydrogens is 228 g/mol. The van der Waals surface area contributed by atoms with Crippen LogP contribution in [-0.4, -0.2) is 30.1 Å². The Labute approximate surface area is 108 Å². The summed E-state index contributed by atoms with van der Waals surface area (Å²) in [5.41, 5.74) is 1.57. The summed E-state index contributed by atoms with van der Waals surface area (Å²) in [6, 6.07) is 4.40. The van der Waals surface area contributed by atoms with Crippen molar-refractivity contribution in [2.24, 2.45) is 0 Å². The molecule has 0 bridgehead atoms. The molecule has 1 fully saturated rings. The Morgan fingerprint density at radius 2 is 2.35 bits per heavy atom. The van der Waals surface area contributed by atoms with Crippen LogP contribution in [0.15, 0.2) is 11.4 Å². The molecule has 2 atom stereocenters. The van der Waals surface area contributed by atoms with Gasteiger partial charge in [-0.2, -0.15) is 0 Å². The molecule has 3 heteroatoms. The number of nitrogens with zero attached hydrogens (tertiary/aromatic N) is 1. The van der Waals surface area contributed by atoms with Gasteiger partial charge in [0, 0.05) is 36.1 Å². The zero-order valence-corrected chi connectivity index (χ0v) is 11.6. The summed E-state index contributed by atoms with van der Waals surface area (Å²) in [4.78, 5) is 4.26. The SMILES string of the molecule is CC(CNC1CC1)N1CCc2sccc2C1C. The van der Waals surface area contributed by atoms with Crippen LogP contribution in [0.2, 0.25) is 0 Å². The van der Waals surface area contributed by atoms with Crippen LogP contribution in [0.5, 0.6) is 0 Å². The highest BCUT2D eigenvalue weighted by molar-refractivity contribution is 7.10. The second kappa shape index (κ2) is 4.71. The second-order valence-corrected chi connectivity index (χ2v) is 6.50. The normalized spacial score (nSPS) is 26.8. The van der Waals surface area contributed by atoms with Gasteiger partial charge >= 0.3 is 0 Å². The van der Waals surface area contributed by atoms with Crippen LogP contribution in [0.3, 0.4) is 0 Å². The minimum absolute atomic E-state index is 0.598. The largest absolute Gasteiger partial charge is 0.312 e. The van der Waals surface area contributed by atoms with Crippen molar-refractivity contribution in [2.45, 2.75) is 51.2 Å². The minimum Gasteiger partial charge on any atom is -0.312 e. The molecule has 2 nitrogen and oxygen atoms in total. The third-order valence-corrected chi connectivity index (χ3v) is 5.17. The van der Waals surface area contributed by atoms with Crippen molar-refractivity contribution in [2.75, 3.05) is 13.1 Å². The smallest absolute Gasteiger partial charge is 0.0334 e. The first-order chi connectivity index (χ1) is 8.25. The summed E-state index contributed by atoms with van der Waals surface area (Å²) < 4.78 is 0. The maximum Gasteiger partial charge on any atom is 0.0334 e. The van der Waals surface area contributed by atoms with E-state index in [4.69, 9.17) is 0 Å². The molecular formula is C14H22N2S. The van der Waals surface area contributed by atoms with E-state index in [1.807, 2.05) is 11.3 Å². The lowest BCUT2D eigenvalue weighted by Gasteiger charge is -2.38. The van der Waals surface area contributed by atoms with E-state index in [9.17, 15) is 0 Å². The van der Waals surface area contributed by atoms with E-state index in [1.165, 1.54) is 25.8 Å². The fraction of sp³-hybridized carbons (Fsp3) is 0.714. The fourth-order valence-electron chi connectivity index (χ4n) is 2.87. The van der Waals surface area contributed by atoms with Gasteiger partial charge in [0.05, 0.1) is 0 Å². The van der Waals surface area contributed by atoms with Crippen LogP contribution in [0.25, 0.3) is 0 Å². The molecule has 1 aliphatic heterocycles. The van der Waals surface area contributed by atoms with Gasteiger partial charge in [0.25, 0.3) is 0 Å².